The smallest absolute Gasteiger partial charge is 0.338 e. The molecule has 2 atom stereocenters. The summed E-state index contributed by atoms with van der Waals surface area (Å²) in [7, 11) is 0. The van der Waals surface area contributed by atoms with Gasteiger partial charge in [0.05, 0.1) is 12.2 Å². The predicted molar refractivity (Wildman–Crippen MR) is 104 cm³/mol. The molecule has 2 bridgehead atoms. The third kappa shape index (κ3) is 2.61. The van der Waals surface area contributed by atoms with Gasteiger partial charge in [-0.25, -0.2) is 4.79 Å². The molecule has 0 spiro atoms. The van der Waals surface area contributed by atoms with Crippen LogP contribution < -0.4 is 5.32 Å². The topological polar surface area (TPSA) is 89.5 Å². The SMILES string of the molecule is CC(C)COC(=O)c1ccc(NC(=O)[C@]23CC[C@@](C)(C(=O)C2=O)C3(C)C)cc1. The number of ether oxygens (including phenoxy) is 1. The van der Waals surface area contributed by atoms with Crippen molar-refractivity contribution in [3.63, 3.8) is 0 Å². The molecular weight excluding hydrogens is 358 g/mol. The van der Waals surface area contributed by atoms with E-state index < -0.39 is 39.7 Å². The molecule has 0 aromatic heterocycles. The maximum absolute atomic E-state index is 13.1. The van der Waals surface area contributed by atoms with Crippen molar-refractivity contribution in [1.29, 1.82) is 0 Å². The number of benzene rings is 1. The zero-order chi connectivity index (χ0) is 20.9. The van der Waals surface area contributed by atoms with E-state index in [1.54, 1.807) is 31.2 Å². The van der Waals surface area contributed by atoms with Crippen LogP contribution in [0.4, 0.5) is 5.69 Å². The molecule has 6 heteroatoms. The highest BCUT2D eigenvalue weighted by Gasteiger charge is 2.77. The third-order valence-electron chi connectivity index (χ3n) is 6.86. The summed E-state index contributed by atoms with van der Waals surface area (Å²) in [6.07, 6.45) is 0.894. The number of ketones is 2. The first kappa shape index (κ1) is 20.2. The van der Waals surface area contributed by atoms with Crippen molar-refractivity contribution in [2.45, 2.75) is 47.5 Å². The average Bonchev–Trinajstić information content (AvgIpc) is 2.92. The molecule has 0 unspecified atom stereocenters. The monoisotopic (exact) mass is 385 g/mol. The predicted octanol–water partition coefficient (Wildman–Crippen LogP) is 3.40. The second kappa shape index (κ2) is 6.54. The summed E-state index contributed by atoms with van der Waals surface area (Å²) in [6.45, 7) is 9.69. The number of carbonyl (C=O) groups excluding carboxylic acids is 4. The van der Waals surface area contributed by atoms with Gasteiger partial charge < -0.3 is 10.1 Å². The summed E-state index contributed by atoms with van der Waals surface area (Å²) in [6, 6.07) is 6.34. The van der Waals surface area contributed by atoms with E-state index in [0.29, 0.717) is 30.7 Å². The quantitative estimate of drug-likeness (QED) is 0.477. The average molecular weight is 385 g/mol. The van der Waals surface area contributed by atoms with Gasteiger partial charge in [-0.15, -0.1) is 0 Å². The van der Waals surface area contributed by atoms with Gasteiger partial charge in [0, 0.05) is 11.1 Å². The Morgan fingerprint density at radius 3 is 2.14 bits per heavy atom. The molecule has 2 fully saturated rings. The van der Waals surface area contributed by atoms with Gasteiger partial charge in [0.1, 0.15) is 5.41 Å². The fraction of sp³-hybridized carbons (Fsp3) is 0.545. The summed E-state index contributed by atoms with van der Waals surface area (Å²) in [5.41, 5.74) is -2.04. The van der Waals surface area contributed by atoms with E-state index in [1.807, 2.05) is 27.7 Å². The minimum Gasteiger partial charge on any atom is -0.462 e. The van der Waals surface area contributed by atoms with Gasteiger partial charge in [-0.2, -0.15) is 0 Å². The first-order valence-corrected chi connectivity index (χ1v) is 9.65. The Hall–Kier alpha value is -2.50. The van der Waals surface area contributed by atoms with Crippen LogP contribution in [0, 0.1) is 22.2 Å². The minimum absolute atomic E-state index is 0.244. The number of anilines is 1. The maximum atomic E-state index is 13.1. The van der Waals surface area contributed by atoms with Gasteiger partial charge in [0.25, 0.3) is 0 Å². The van der Waals surface area contributed by atoms with Crippen molar-refractivity contribution in [1.82, 2.24) is 0 Å². The molecule has 1 N–H and O–H groups in total. The van der Waals surface area contributed by atoms with Crippen LogP contribution in [-0.4, -0.2) is 30.0 Å². The summed E-state index contributed by atoms with van der Waals surface area (Å²) >= 11 is 0. The summed E-state index contributed by atoms with van der Waals surface area (Å²) in [5, 5.41) is 2.78. The molecular formula is C22H27NO5. The molecule has 0 saturated heterocycles. The van der Waals surface area contributed by atoms with E-state index >= 15 is 0 Å². The highest BCUT2D eigenvalue weighted by Crippen LogP contribution is 2.69. The molecule has 150 valence electrons. The number of hydrogen-bond acceptors (Lipinski definition) is 5. The number of esters is 1. The van der Waals surface area contributed by atoms with Gasteiger partial charge in [0.2, 0.25) is 17.5 Å². The fourth-order valence-corrected chi connectivity index (χ4v) is 4.53. The van der Waals surface area contributed by atoms with Crippen LogP contribution in [0.5, 0.6) is 0 Å². The number of nitrogens with one attached hydrogen (secondary N) is 1. The molecule has 1 aromatic rings. The van der Waals surface area contributed by atoms with Gasteiger partial charge in [-0.1, -0.05) is 34.6 Å². The van der Waals surface area contributed by atoms with Gasteiger partial charge >= 0.3 is 5.97 Å². The largest absolute Gasteiger partial charge is 0.462 e. The van der Waals surface area contributed by atoms with Gasteiger partial charge in [-0.05, 0) is 48.4 Å². The van der Waals surface area contributed by atoms with Crippen LogP contribution in [0.3, 0.4) is 0 Å². The molecule has 6 nitrogen and oxygen atoms in total. The lowest BCUT2D eigenvalue weighted by Gasteiger charge is -2.37. The maximum Gasteiger partial charge on any atom is 0.338 e. The number of Topliss-reactive ketones (excluding diaryl/α,β-unsaturated/α-hetero) is 2. The summed E-state index contributed by atoms with van der Waals surface area (Å²) in [4.78, 5) is 50.4. The van der Waals surface area contributed by atoms with Crippen molar-refractivity contribution >= 4 is 29.1 Å². The van der Waals surface area contributed by atoms with Crippen LogP contribution in [0.1, 0.15) is 57.8 Å². The van der Waals surface area contributed by atoms with Gasteiger partial charge in [0.15, 0.2) is 0 Å². The molecule has 2 saturated carbocycles. The van der Waals surface area contributed by atoms with Crippen molar-refractivity contribution < 1.29 is 23.9 Å². The molecule has 2 aliphatic carbocycles. The van der Waals surface area contributed by atoms with E-state index in [-0.39, 0.29) is 5.92 Å². The Morgan fingerprint density at radius 2 is 1.64 bits per heavy atom. The van der Waals surface area contributed by atoms with E-state index in [1.165, 1.54) is 0 Å². The normalized spacial score (nSPS) is 27.9. The van der Waals surface area contributed by atoms with Crippen molar-refractivity contribution in [2.24, 2.45) is 22.2 Å². The molecule has 0 heterocycles. The van der Waals surface area contributed by atoms with E-state index in [9.17, 15) is 19.2 Å². The number of amides is 1. The molecule has 0 radical (unpaired) electrons. The lowest BCUT2D eigenvalue weighted by atomic mass is 9.64. The second-order valence-corrected chi connectivity index (χ2v) is 9.04. The Labute approximate surface area is 165 Å². The van der Waals surface area contributed by atoms with E-state index in [4.69, 9.17) is 4.74 Å². The van der Waals surface area contributed by atoms with Crippen molar-refractivity contribution in [3.8, 4) is 0 Å². The van der Waals surface area contributed by atoms with Crippen LogP contribution in [0.15, 0.2) is 24.3 Å². The third-order valence-corrected chi connectivity index (χ3v) is 6.86. The Balaban J connectivity index is 1.78. The first-order chi connectivity index (χ1) is 13.0. The minimum atomic E-state index is -1.34. The van der Waals surface area contributed by atoms with Crippen LogP contribution in [0.2, 0.25) is 0 Å². The number of hydrogen-bond donors (Lipinski definition) is 1. The van der Waals surface area contributed by atoms with Crippen LogP contribution >= 0.6 is 0 Å². The number of rotatable bonds is 5. The molecule has 28 heavy (non-hydrogen) atoms. The van der Waals surface area contributed by atoms with E-state index in [0.717, 1.165) is 0 Å². The molecule has 2 aliphatic rings. The number of carbonyl (C=O) groups is 4. The lowest BCUT2D eigenvalue weighted by molar-refractivity contribution is -0.147. The van der Waals surface area contributed by atoms with Crippen LogP contribution in [-0.2, 0) is 19.1 Å². The molecule has 3 rings (SSSR count). The van der Waals surface area contributed by atoms with Gasteiger partial charge in [-0.3, -0.25) is 14.4 Å². The fourth-order valence-electron chi connectivity index (χ4n) is 4.53. The summed E-state index contributed by atoms with van der Waals surface area (Å²) < 4.78 is 5.19. The molecule has 1 amide bonds. The molecule has 0 aliphatic heterocycles. The second-order valence-electron chi connectivity index (χ2n) is 9.04. The summed E-state index contributed by atoms with van der Waals surface area (Å²) in [5.74, 6) is -1.66. The van der Waals surface area contributed by atoms with Crippen molar-refractivity contribution in [3.05, 3.63) is 29.8 Å². The highest BCUT2D eigenvalue weighted by atomic mass is 16.5. The Bertz CT molecular complexity index is 854. The highest BCUT2D eigenvalue weighted by molar-refractivity contribution is 6.49. The van der Waals surface area contributed by atoms with E-state index in [2.05, 4.69) is 5.32 Å². The molecule has 1 aromatic carbocycles. The number of fused-ring (bicyclic) bond motifs is 2. The Morgan fingerprint density at radius 1 is 1.04 bits per heavy atom. The lowest BCUT2D eigenvalue weighted by Crippen LogP contribution is -2.47. The zero-order valence-electron chi connectivity index (χ0n) is 17.0. The van der Waals surface area contributed by atoms with Crippen LogP contribution in [0.25, 0.3) is 0 Å². The first-order valence-electron chi connectivity index (χ1n) is 9.65. The Kier molecular flexibility index (Phi) is 4.72. The standard InChI is InChI=1S/C22H27NO5/c1-13(2)12-28-18(26)14-6-8-15(9-7-14)23-19(27)22-11-10-21(5,20(22,3)4)16(24)17(22)25/h6-9,13H,10-12H2,1-5H3,(H,23,27)/t21-,22-/m0/s1. The zero-order valence-corrected chi connectivity index (χ0v) is 17.0. The van der Waals surface area contributed by atoms with Crippen molar-refractivity contribution in [2.75, 3.05) is 11.9 Å².